The van der Waals surface area contributed by atoms with Gasteiger partial charge in [0.1, 0.15) is 16.8 Å². The summed E-state index contributed by atoms with van der Waals surface area (Å²) in [6.07, 6.45) is 6.21. The zero-order valence-corrected chi connectivity index (χ0v) is 19.7. The Hall–Kier alpha value is -3.84. The van der Waals surface area contributed by atoms with Crippen LogP contribution in [0.25, 0.3) is 22.2 Å². The van der Waals surface area contributed by atoms with E-state index in [0.29, 0.717) is 27.8 Å². The number of carbonyl (C=O) groups is 1. The molecule has 1 aromatic carbocycles. The Morgan fingerprint density at radius 1 is 1.23 bits per heavy atom. The fraction of sp³-hybridized carbons (Fsp3) is 0.280. The molecule has 178 valence electrons. The van der Waals surface area contributed by atoms with Crippen molar-refractivity contribution < 1.29 is 13.6 Å². The number of anilines is 1. The molecule has 4 aromatic rings. The van der Waals surface area contributed by atoms with Crippen LogP contribution >= 0.6 is 11.3 Å². The van der Waals surface area contributed by atoms with Crippen molar-refractivity contribution in [2.75, 3.05) is 5.32 Å². The summed E-state index contributed by atoms with van der Waals surface area (Å²) in [4.78, 5) is 24.3. The minimum Gasteiger partial charge on any atom is -0.365 e. The first-order valence-electron chi connectivity index (χ1n) is 11.3. The second kappa shape index (κ2) is 9.43. The predicted molar refractivity (Wildman–Crippen MR) is 130 cm³/mol. The Morgan fingerprint density at radius 3 is 2.83 bits per heavy atom. The van der Waals surface area contributed by atoms with E-state index >= 15 is 0 Å². The van der Waals surface area contributed by atoms with Crippen molar-refractivity contribution in [3.05, 3.63) is 63.7 Å². The number of aromatic nitrogens is 3. The van der Waals surface area contributed by atoms with Crippen molar-refractivity contribution in [3.8, 4) is 17.3 Å². The molecule has 5 rings (SSSR count). The molecule has 0 saturated heterocycles. The van der Waals surface area contributed by atoms with E-state index in [-0.39, 0.29) is 35.1 Å². The third-order valence-electron chi connectivity index (χ3n) is 6.24. The lowest BCUT2D eigenvalue weighted by Crippen LogP contribution is -2.41. The van der Waals surface area contributed by atoms with Gasteiger partial charge in [-0.05, 0) is 56.4 Å². The van der Waals surface area contributed by atoms with Gasteiger partial charge in [0.15, 0.2) is 11.6 Å². The fourth-order valence-corrected chi connectivity index (χ4v) is 5.15. The van der Waals surface area contributed by atoms with Crippen molar-refractivity contribution in [2.45, 2.75) is 44.7 Å². The standard InChI is InChI=1S/C25H22F2N6OS/c1-13-5-17-18(10-30-23(17)19(26)6-13)22-14(9-28)7-20(27)24(33-22)31-15-3-2-4-16(8-15)32-25(34)21-11-29-12-35-21/h5-7,10-12,15-16,30H,2-4,8H2,1H3,(H,31,33)(H,32,34)/t15-,16-/m1/s1. The third kappa shape index (κ3) is 4.59. The minimum absolute atomic E-state index is 0.0286. The smallest absolute Gasteiger partial charge is 0.263 e. The van der Waals surface area contributed by atoms with Gasteiger partial charge >= 0.3 is 0 Å². The zero-order chi connectivity index (χ0) is 24.5. The lowest BCUT2D eigenvalue weighted by Gasteiger charge is -2.30. The lowest BCUT2D eigenvalue weighted by atomic mass is 9.91. The van der Waals surface area contributed by atoms with Gasteiger partial charge in [-0.25, -0.2) is 13.8 Å². The van der Waals surface area contributed by atoms with Crippen LogP contribution in [-0.4, -0.2) is 32.9 Å². The number of fused-ring (bicyclic) bond motifs is 1. The average Bonchev–Trinajstić information content (AvgIpc) is 3.51. The van der Waals surface area contributed by atoms with E-state index in [4.69, 9.17) is 0 Å². The minimum atomic E-state index is -0.636. The zero-order valence-electron chi connectivity index (χ0n) is 18.9. The van der Waals surface area contributed by atoms with Crippen LogP contribution in [0.15, 0.2) is 36.1 Å². The first kappa shape index (κ1) is 22.9. The van der Waals surface area contributed by atoms with E-state index in [1.165, 1.54) is 23.6 Å². The maximum atomic E-state index is 14.9. The highest BCUT2D eigenvalue weighted by atomic mass is 32.1. The Labute approximate surface area is 204 Å². The van der Waals surface area contributed by atoms with Crippen molar-refractivity contribution in [2.24, 2.45) is 0 Å². The van der Waals surface area contributed by atoms with Gasteiger partial charge in [-0.3, -0.25) is 9.78 Å². The molecule has 2 atom stereocenters. The summed E-state index contributed by atoms with van der Waals surface area (Å²) in [5.41, 5.74) is 3.51. The number of aromatic amines is 1. The number of hydrogen-bond acceptors (Lipinski definition) is 6. The molecule has 1 aliphatic carbocycles. The molecule has 10 heteroatoms. The van der Waals surface area contributed by atoms with Crippen LogP contribution in [0.3, 0.4) is 0 Å². The summed E-state index contributed by atoms with van der Waals surface area (Å²) >= 11 is 1.28. The van der Waals surface area contributed by atoms with Crippen LogP contribution in [-0.2, 0) is 0 Å². The molecule has 0 bridgehead atoms. The molecule has 0 radical (unpaired) electrons. The number of aryl methyl sites for hydroxylation is 1. The normalized spacial score (nSPS) is 17.8. The molecular formula is C25H22F2N6OS. The molecule has 3 heterocycles. The van der Waals surface area contributed by atoms with Crippen molar-refractivity contribution in [1.29, 1.82) is 5.26 Å². The summed E-state index contributed by atoms with van der Waals surface area (Å²) < 4.78 is 29.3. The first-order valence-corrected chi connectivity index (χ1v) is 12.1. The van der Waals surface area contributed by atoms with Gasteiger partial charge < -0.3 is 15.6 Å². The molecule has 3 aromatic heterocycles. The van der Waals surface area contributed by atoms with Crippen molar-refractivity contribution >= 4 is 34.0 Å². The number of benzene rings is 1. The number of nitriles is 1. The van der Waals surface area contributed by atoms with E-state index < -0.39 is 11.6 Å². The Morgan fingerprint density at radius 2 is 2.06 bits per heavy atom. The summed E-state index contributed by atoms with van der Waals surface area (Å²) in [5.74, 6) is -1.17. The van der Waals surface area contributed by atoms with Gasteiger partial charge in [-0.15, -0.1) is 11.3 Å². The topological polar surface area (TPSA) is 106 Å². The van der Waals surface area contributed by atoms with Crippen LogP contribution in [0.5, 0.6) is 0 Å². The van der Waals surface area contributed by atoms with Crippen LogP contribution in [0.4, 0.5) is 14.6 Å². The van der Waals surface area contributed by atoms with E-state index in [0.717, 1.165) is 30.9 Å². The Balaban J connectivity index is 1.41. The molecule has 0 aliphatic heterocycles. The summed E-state index contributed by atoms with van der Waals surface area (Å²) in [6, 6.07) is 6.22. The van der Waals surface area contributed by atoms with E-state index in [1.807, 2.05) is 6.07 Å². The average molecular weight is 493 g/mol. The fourth-order valence-electron chi connectivity index (χ4n) is 4.63. The lowest BCUT2D eigenvalue weighted by molar-refractivity contribution is 0.0930. The van der Waals surface area contributed by atoms with Crippen LogP contribution in [0.1, 0.15) is 46.5 Å². The molecule has 0 spiro atoms. The monoisotopic (exact) mass is 492 g/mol. The highest BCUT2D eigenvalue weighted by molar-refractivity contribution is 7.11. The maximum absolute atomic E-state index is 14.9. The number of nitrogens with zero attached hydrogens (tertiary/aromatic N) is 3. The number of rotatable bonds is 5. The molecule has 1 fully saturated rings. The predicted octanol–water partition coefficient (Wildman–Crippen LogP) is 5.30. The Bertz CT molecular complexity index is 1440. The van der Waals surface area contributed by atoms with Gasteiger partial charge in [0, 0.05) is 29.2 Å². The van der Waals surface area contributed by atoms with Crippen molar-refractivity contribution in [1.82, 2.24) is 20.3 Å². The highest BCUT2D eigenvalue weighted by Crippen LogP contribution is 2.34. The number of halogens is 2. The summed E-state index contributed by atoms with van der Waals surface area (Å²) in [5, 5.41) is 16.4. The molecule has 0 unspecified atom stereocenters. The van der Waals surface area contributed by atoms with Gasteiger partial charge in [0.25, 0.3) is 5.91 Å². The van der Waals surface area contributed by atoms with Crippen LogP contribution in [0, 0.1) is 29.9 Å². The van der Waals surface area contributed by atoms with Gasteiger partial charge in [0.05, 0.1) is 28.5 Å². The van der Waals surface area contributed by atoms with Gasteiger partial charge in [-0.1, -0.05) is 0 Å². The van der Waals surface area contributed by atoms with Gasteiger partial charge in [0.2, 0.25) is 0 Å². The number of H-pyrrole nitrogens is 1. The Kier molecular flexibility index (Phi) is 6.17. The number of nitrogens with one attached hydrogen (secondary N) is 3. The molecule has 1 amide bonds. The SMILES string of the molecule is Cc1cc(F)c2[nH]cc(-c3nc(N[C@@H]4CCC[C@@H](NC(=O)c5cncs5)C4)c(F)cc3C#N)c2c1. The third-order valence-corrected chi connectivity index (χ3v) is 7.02. The number of hydrogen-bond donors (Lipinski definition) is 3. The molecule has 7 nitrogen and oxygen atoms in total. The van der Waals surface area contributed by atoms with Crippen molar-refractivity contribution in [3.63, 3.8) is 0 Å². The second-order valence-corrected chi connectivity index (χ2v) is 9.63. The maximum Gasteiger partial charge on any atom is 0.263 e. The largest absolute Gasteiger partial charge is 0.365 e. The number of thiazole rings is 1. The summed E-state index contributed by atoms with van der Waals surface area (Å²) in [6.45, 7) is 1.78. The number of carbonyl (C=O) groups excluding carboxylic acids is 1. The van der Waals surface area contributed by atoms with Crippen LogP contribution < -0.4 is 10.6 Å². The summed E-state index contributed by atoms with van der Waals surface area (Å²) in [7, 11) is 0. The van der Waals surface area contributed by atoms with Gasteiger partial charge in [-0.2, -0.15) is 5.26 Å². The number of pyridine rings is 1. The van der Waals surface area contributed by atoms with E-state index in [1.54, 1.807) is 24.7 Å². The second-order valence-electron chi connectivity index (χ2n) is 8.74. The molecular weight excluding hydrogens is 470 g/mol. The van der Waals surface area contributed by atoms with E-state index in [2.05, 4.69) is 25.6 Å². The quantitative estimate of drug-likeness (QED) is 0.351. The molecule has 1 saturated carbocycles. The molecule has 3 N–H and O–H groups in total. The molecule has 1 aliphatic rings. The highest BCUT2D eigenvalue weighted by Gasteiger charge is 2.26. The first-order chi connectivity index (χ1) is 16.9. The van der Waals surface area contributed by atoms with E-state index in [9.17, 15) is 18.8 Å². The van der Waals surface area contributed by atoms with Crippen LogP contribution in [0.2, 0.25) is 0 Å². The number of amides is 1. The molecule has 35 heavy (non-hydrogen) atoms.